The van der Waals surface area contributed by atoms with E-state index in [0.717, 1.165) is 16.5 Å². The molecule has 1 heterocycles. The van der Waals surface area contributed by atoms with Crippen LogP contribution in [0.4, 0.5) is 11.4 Å². The maximum Gasteiger partial charge on any atom is 0.230 e. The summed E-state index contributed by atoms with van der Waals surface area (Å²) < 4.78 is 6.31. The lowest BCUT2D eigenvalue weighted by Gasteiger charge is -2.17. The number of ether oxygens (including phenoxy) is 1. The Balaban J connectivity index is 2.17. The molecule has 1 aliphatic heterocycles. The number of rotatable bonds is 2. The normalized spacial score (nSPS) is 23.1. The smallest absolute Gasteiger partial charge is 0.230 e. The van der Waals surface area contributed by atoms with Gasteiger partial charge >= 0.3 is 0 Å². The highest BCUT2D eigenvalue weighted by Gasteiger charge is 2.31. The van der Waals surface area contributed by atoms with Gasteiger partial charge in [0.15, 0.2) is 0 Å². The molecule has 0 radical (unpaired) electrons. The second-order valence-electron chi connectivity index (χ2n) is 4.65. The molecule has 1 amide bonds. The monoisotopic (exact) mass is 312 g/mol. The van der Waals surface area contributed by atoms with Gasteiger partial charge in [-0.15, -0.1) is 0 Å². The first-order valence-electron chi connectivity index (χ1n) is 5.97. The third kappa shape index (κ3) is 2.67. The molecule has 0 aromatic heterocycles. The summed E-state index contributed by atoms with van der Waals surface area (Å²) in [5.74, 6) is -0.107. The van der Waals surface area contributed by atoms with E-state index in [1.165, 1.54) is 0 Å². The SMILES string of the molecule is Cc1cc(Br)cc(N)c1NC(=O)C1CCOC1C. The van der Waals surface area contributed by atoms with E-state index in [-0.39, 0.29) is 17.9 Å². The minimum atomic E-state index is -0.0903. The molecule has 2 unspecified atom stereocenters. The quantitative estimate of drug-likeness (QED) is 0.825. The number of anilines is 2. The van der Waals surface area contributed by atoms with Gasteiger partial charge in [-0.3, -0.25) is 4.79 Å². The Kier molecular flexibility index (Phi) is 3.92. The maximum atomic E-state index is 12.2. The molecule has 0 spiro atoms. The Morgan fingerprint density at radius 2 is 2.28 bits per heavy atom. The topological polar surface area (TPSA) is 64.3 Å². The number of amides is 1. The molecule has 18 heavy (non-hydrogen) atoms. The molecule has 5 heteroatoms. The Morgan fingerprint density at radius 1 is 1.56 bits per heavy atom. The lowest BCUT2D eigenvalue weighted by Crippen LogP contribution is -2.28. The van der Waals surface area contributed by atoms with Crippen LogP contribution in [0.1, 0.15) is 18.9 Å². The van der Waals surface area contributed by atoms with Gasteiger partial charge in [0, 0.05) is 11.1 Å². The molecular formula is C13H17BrN2O2. The second kappa shape index (κ2) is 5.28. The van der Waals surface area contributed by atoms with Crippen molar-refractivity contribution in [1.29, 1.82) is 0 Å². The molecule has 1 aromatic carbocycles. The van der Waals surface area contributed by atoms with Gasteiger partial charge in [0.25, 0.3) is 0 Å². The standard InChI is InChI=1S/C13H17BrN2O2/c1-7-5-9(14)6-11(15)12(7)16-13(17)10-3-4-18-8(10)2/h5-6,8,10H,3-4,15H2,1-2H3,(H,16,17). The first-order chi connectivity index (χ1) is 8.49. The van der Waals surface area contributed by atoms with Crippen molar-refractivity contribution >= 4 is 33.2 Å². The number of hydrogen-bond acceptors (Lipinski definition) is 3. The van der Waals surface area contributed by atoms with Crippen LogP contribution in [-0.4, -0.2) is 18.6 Å². The van der Waals surface area contributed by atoms with Crippen LogP contribution >= 0.6 is 15.9 Å². The molecular weight excluding hydrogens is 296 g/mol. The number of nitrogens with one attached hydrogen (secondary N) is 1. The lowest BCUT2D eigenvalue weighted by atomic mass is 10.0. The highest BCUT2D eigenvalue weighted by Crippen LogP contribution is 2.29. The first kappa shape index (κ1) is 13.4. The molecule has 3 N–H and O–H groups in total. The number of nitrogens with two attached hydrogens (primary N) is 1. The number of hydrogen-bond donors (Lipinski definition) is 2. The summed E-state index contributed by atoms with van der Waals surface area (Å²) in [6.45, 7) is 4.49. The summed E-state index contributed by atoms with van der Waals surface area (Å²) in [7, 11) is 0. The molecule has 0 bridgehead atoms. The van der Waals surface area contributed by atoms with Crippen molar-refractivity contribution in [1.82, 2.24) is 0 Å². The van der Waals surface area contributed by atoms with Crippen LogP contribution < -0.4 is 11.1 Å². The molecule has 1 aromatic rings. The third-order valence-corrected chi connectivity index (χ3v) is 3.75. The van der Waals surface area contributed by atoms with Gasteiger partial charge in [-0.1, -0.05) is 15.9 Å². The first-order valence-corrected chi connectivity index (χ1v) is 6.76. The Morgan fingerprint density at radius 3 is 2.83 bits per heavy atom. The van der Waals surface area contributed by atoms with Crippen LogP contribution in [0.5, 0.6) is 0 Å². The molecule has 0 saturated carbocycles. The van der Waals surface area contributed by atoms with E-state index in [0.29, 0.717) is 18.0 Å². The van der Waals surface area contributed by atoms with Crippen molar-refractivity contribution in [2.45, 2.75) is 26.4 Å². The Hall–Kier alpha value is -1.07. The van der Waals surface area contributed by atoms with E-state index in [2.05, 4.69) is 21.2 Å². The zero-order valence-corrected chi connectivity index (χ0v) is 12.1. The van der Waals surface area contributed by atoms with Crippen LogP contribution in [0.2, 0.25) is 0 Å². The molecule has 98 valence electrons. The van der Waals surface area contributed by atoms with Crippen LogP contribution in [0.15, 0.2) is 16.6 Å². The predicted octanol–water partition coefficient (Wildman–Crippen LogP) is 2.70. The fraction of sp³-hybridized carbons (Fsp3) is 0.462. The van der Waals surface area contributed by atoms with Crippen LogP contribution in [0.3, 0.4) is 0 Å². The molecule has 1 aliphatic rings. The van der Waals surface area contributed by atoms with E-state index in [9.17, 15) is 4.79 Å². The van der Waals surface area contributed by atoms with Gasteiger partial charge < -0.3 is 15.8 Å². The third-order valence-electron chi connectivity index (χ3n) is 3.29. The number of halogens is 1. The van der Waals surface area contributed by atoms with Gasteiger partial charge in [0.2, 0.25) is 5.91 Å². The summed E-state index contributed by atoms with van der Waals surface area (Å²) in [5, 5.41) is 2.91. The molecule has 2 atom stereocenters. The van der Waals surface area contributed by atoms with Gasteiger partial charge in [-0.2, -0.15) is 0 Å². The number of aryl methyl sites for hydroxylation is 1. The van der Waals surface area contributed by atoms with Gasteiger partial charge in [-0.25, -0.2) is 0 Å². The lowest BCUT2D eigenvalue weighted by molar-refractivity contribution is -0.121. The fourth-order valence-corrected chi connectivity index (χ4v) is 2.82. The summed E-state index contributed by atoms with van der Waals surface area (Å²) in [4.78, 5) is 12.2. The van der Waals surface area contributed by atoms with Gasteiger partial charge in [0.05, 0.1) is 23.4 Å². The van der Waals surface area contributed by atoms with E-state index < -0.39 is 0 Å². The fourth-order valence-electron chi connectivity index (χ4n) is 2.23. The van der Waals surface area contributed by atoms with E-state index in [4.69, 9.17) is 10.5 Å². The number of carbonyl (C=O) groups excluding carboxylic acids is 1. The summed E-state index contributed by atoms with van der Waals surface area (Å²) in [6.07, 6.45) is 0.740. The minimum Gasteiger partial charge on any atom is -0.397 e. The van der Waals surface area contributed by atoms with Crippen molar-refractivity contribution in [3.8, 4) is 0 Å². The highest BCUT2D eigenvalue weighted by atomic mass is 79.9. The zero-order valence-electron chi connectivity index (χ0n) is 10.5. The molecule has 4 nitrogen and oxygen atoms in total. The maximum absolute atomic E-state index is 12.2. The summed E-state index contributed by atoms with van der Waals surface area (Å²) in [6, 6.07) is 3.72. The molecule has 1 fully saturated rings. The molecule has 0 aliphatic carbocycles. The summed E-state index contributed by atoms with van der Waals surface area (Å²) in [5.41, 5.74) is 8.14. The molecule has 2 rings (SSSR count). The van der Waals surface area contributed by atoms with Gasteiger partial charge in [-0.05, 0) is 38.0 Å². The van der Waals surface area contributed by atoms with Crippen molar-refractivity contribution in [2.75, 3.05) is 17.7 Å². The zero-order chi connectivity index (χ0) is 13.3. The molecule has 1 saturated heterocycles. The van der Waals surface area contributed by atoms with Gasteiger partial charge in [0.1, 0.15) is 0 Å². The van der Waals surface area contributed by atoms with Crippen molar-refractivity contribution in [2.24, 2.45) is 5.92 Å². The Labute approximate surface area is 115 Å². The number of benzene rings is 1. The van der Waals surface area contributed by atoms with Crippen molar-refractivity contribution < 1.29 is 9.53 Å². The van der Waals surface area contributed by atoms with Crippen molar-refractivity contribution in [3.63, 3.8) is 0 Å². The van der Waals surface area contributed by atoms with E-state index in [1.807, 2.05) is 19.9 Å². The Bertz CT molecular complexity index is 453. The van der Waals surface area contributed by atoms with Crippen LogP contribution in [0.25, 0.3) is 0 Å². The van der Waals surface area contributed by atoms with Crippen LogP contribution in [-0.2, 0) is 9.53 Å². The number of carbonyl (C=O) groups is 1. The average molecular weight is 313 g/mol. The predicted molar refractivity (Wildman–Crippen MR) is 75.4 cm³/mol. The highest BCUT2D eigenvalue weighted by molar-refractivity contribution is 9.10. The van der Waals surface area contributed by atoms with E-state index in [1.54, 1.807) is 6.07 Å². The van der Waals surface area contributed by atoms with E-state index >= 15 is 0 Å². The largest absolute Gasteiger partial charge is 0.397 e. The number of nitrogen functional groups attached to an aromatic ring is 1. The second-order valence-corrected chi connectivity index (χ2v) is 5.56. The minimum absolute atomic E-state index is 0.0166. The average Bonchev–Trinajstić information content (AvgIpc) is 2.69. The van der Waals surface area contributed by atoms with Crippen LogP contribution in [0, 0.1) is 12.8 Å². The van der Waals surface area contributed by atoms with Crippen molar-refractivity contribution in [3.05, 3.63) is 22.2 Å². The summed E-state index contributed by atoms with van der Waals surface area (Å²) >= 11 is 3.38.